The average molecular weight is 211 g/mol. The quantitative estimate of drug-likeness (QED) is 0.768. The first-order valence-electron chi connectivity index (χ1n) is 3.70. The largest absolute Gasteiger partial charge is 0.531 e. The number of hydrogen-bond acceptors (Lipinski definition) is 4. The Morgan fingerprint density at radius 1 is 1.43 bits per heavy atom. The van der Waals surface area contributed by atoms with E-state index in [9.17, 15) is 9.59 Å². The second-order valence-electron chi connectivity index (χ2n) is 2.49. The second kappa shape index (κ2) is 3.15. The predicted molar refractivity (Wildman–Crippen MR) is 50.7 cm³/mol. The Labute approximate surface area is 81.7 Å². The highest BCUT2D eigenvalue weighted by molar-refractivity contribution is 7.16. The van der Waals surface area contributed by atoms with Crippen LogP contribution in [0.2, 0.25) is 0 Å². The Kier molecular flexibility index (Phi) is 1.97. The van der Waals surface area contributed by atoms with Crippen LogP contribution >= 0.6 is 11.3 Å². The van der Waals surface area contributed by atoms with Gasteiger partial charge in [0.05, 0.1) is 4.70 Å². The van der Waals surface area contributed by atoms with Gasteiger partial charge in [0.2, 0.25) is 0 Å². The third-order valence-electron chi connectivity index (χ3n) is 1.62. The zero-order chi connectivity index (χ0) is 10.1. The number of thiazole rings is 1. The van der Waals surface area contributed by atoms with Crippen molar-refractivity contribution in [1.82, 2.24) is 4.73 Å². The zero-order valence-electron chi connectivity index (χ0n) is 6.84. The van der Waals surface area contributed by atoms with Gasteiger partial charge in [-0.25, -0.2) is 4.79 Å². The third kappa shape index (κ3) is 1.35. The lowest BCUT2D eigenvalue weighted by molar-refractivity contribution is 0.0840. The Hall–Kier alpha value is -1.82. The molecule has 2 aromatic rings. The fourth-order valence-electron chi connectivity index (χ4n) is 1.11. The van der Waals surface area contributed by atoms with E-state index >= 15 is 0 Å². The molecule has 14 heavy (non-hydrogen) atoms. The molecule has 0 radical (unpaired) electrons. The van der Waals surface area contributed by atoms with Crippen molar-refractivity contribution in [3.63, 3.8) is 0 Å². The first-order chi connectivity index (χ1) is 6.68. The molecule has 2 rings (SSSR count). The number of benzene rings is 1. The normalized spacial score (nSPS) is 10.3. The monoisotopic (exact) mass is 211 g/mol. The van der Waals surface area contributed by atoms with Crippen molar-refractivity contribution < 1.29 is 14.7 Å². The number of carboxylic acid groups (broad SMARTS) is 1. The highest BCUT2D eigenvalue weighted by Gasteiger charge is 2.10. The average Bonchev–Trinajstić information content (AvgIpc) is 2.43. The number of nitrogens with zero attached hydrogens (tertiary/aromatic N) is 1. The molecule has 0 saturated carbocycles. The lowest BCUT2D eigenvalue weighted by atomic mass is 10.3. The van der Waals surface area contributed by atoms with E-state index in [0.29, 0.717) is 10.2 Å². The summed E-state index contributed by atoms with van der Waals surface area (Å²) in [6.45, 7) is 0. The molecule has 0 aliphatic carbocycles. The van der Waals surface area contributed by atoms with Gasteiger partial charge in [-0.1, -0.05) is 23.5 Å². The lowest BCUT2D eigenvalue weighted by Gasteiger charge is -1.98. The summed E-state index contributed by atoms with van der Waals surface area (Å²) in [5.41, 5.74) is 0.463. The molecule has 1 heterocycles. The van der Waals surface area contributed by atoms with Gasteiger partial charge in [-0.15, -0.1) is 4.73 Å². The SMILES string of the molecule is O=C(O)On1c(=O)sc2ccccc21. The first kappa shape index (κ1) is 8.76. The molecule has 1 N–H and O–H groups in total. The van der Waals surface area contributed by atoms with Crippen molar-refractivity contribution in [2.45, 2.75) is 0 Å². The minimum absolute atomic E-state index is 0.450. The summed E-state index contributed by atoms with van der Waals surface area (Å²) in [5, 5.41) is 8.39. The summed E-state index contributed by atoms with van der Waals surface area (Å²) in [7, 11) is 0. The van der Waals surface area contributed by atoms with E-state index in [0.717, 1.165) is 16.1 Å². The van der Waals surface area contributed by atoms with Crippen LogP contribution in [0.3, 0.4) is 0 Å². The van der Waals surface area contributed by atoms with E-state index in [-0.39, 0.29) is 0 Å². The fourth-order valence-corrected chi connectivity index (χ4v) is 1.92. The van der Waals surface area contributed by atoms with E-state index in [1.165, 1.54) is 0 Å². The third-order valence-corrected chi connectivity index (χ3v) is 2.52. The van der Waals surface area contributed by atoms with Crippen LogP contribution in [0.4, 0.5) is 4.79 Å². The number of aromatic nitrogens is 1. The van der Waals surface area contributed by atoms with Gasteiger partial charge in [-0.2, -0.15) is 0 Å². The van der Waals surface area contributed by atoms with Crippen LogP contribution in [0.15, 0.2) is 29.1 Å². The minimum atomic E-state index is -1.50. The lowest BCUT2D eigenvalue weighted by Crippen LogP contribution is -2.25. The maximum absolute atomic E-state index is 11.3. The number of hydrogen-bond donors (Lipinski definition) is 1. The molecular weight excluding hydrogens is 206 g/mol. The molecule has 1 aromatic heterocycles. The molecule has 0 fully saturated rings. The van der Waals surface area contributed by atoms with Crippen molar-refractivity contribution in [2.75, 3.05) is 0 Å². The van der Waals surface area contributed by atoms with Gasteiger partial charge in [0.25, 0.3) is 0 Å². The molecule has 0 unspecified atom stereocenters. The summed E-state index contributed by atoms with van der Waals surface area (Å²) in [6.07, 6.45) is -1.50. The molecule has 0 aliphatic rings. The summed E-state index contributed by atoms with van der Waals surface area (Å²) in [5.74, 6) is 0. The molecule has 0 amide bonds. The van der Waals surface area contributed by atoms with E-state index in [1.54, 1.807) is 24.3 Å². The topological polar surface area (TPSA) is 68.5 Å². The summed E-state index contributed by atoms with van der Waals surface area (Å²) in [4.78, 5) is 25.4. The smallest absolute Gasteiger partial charge is 0.448 e. The summed E-state index contributed by atoms with van der Waals surface area (Å²) >= 11 is 0.940. The maximum Gasteiger partial charge on any atom is 0.531 e. The van der Waals surface area contributed by atoms with Crippen LogP contribution < -0.4 is 9.71 Å². The van der Waals surface area contributed by atoms with Crippen LogP contribution in [0.25, 0.3) is 10.2 Å². The molecule has 0 bridgehead atoms. The molecule has 0 saturated heterocycles. The highest BCUT2D eigenvalue weighted by Crippen LogP contribution is 2.14. The Morgan fingerprint density at radius 3 is 2.86 bits per heavy atom. The van der Waals surface area contributed by atoms with E-state index in [2.05, 4.69) is 4.84 Å². The van der Waals surface area contributed by atoms with E-state index < -0.39 is 11.0 Å². The summed E-state index contributed by atoms with van der Waals surface area (Å²) < 4.78 is 1.46. The molecule has 0 aliphatic heterocycles. The van der Waals surface area contributed by atoms with Crippen LogP contribution in [-0.2, 0) is 0 Å². The van der Waals surface area contributed by atoms with Gasteiger partial charge < -0.3 is 5.11 Å². The number of fused-ring (bicyclic) bond motifs is 1. The Bertz CT molecular complexity index is 542. The van der Waals surface area contributed by atoms with Crippen molar-refractivity contribution in [1.29, 1.82) is 0 Å². The summed E-state index contributed by atoms with van der Waals surface area (Å²) in [6, 6.07) is 6.82. The van der Waals surface area contributed by atoms with Crippen molar-refractivity contribution >= 4 is 27.7 Å². The first-order valence-corrected chi connectivity index (χ1v) is 4.52. The van der Waals surface area contributed by atoms with Gasteiger partial charge >= 0.3 is 11.0 Å². The number of carbonyl (C=O) groups is 1. The van der Waals surface area contributed by atoms with Crippen molar-refractivity contribution in [3.05, 3.63) is 33.9 Å². The molecule has 6 heteroatoms. The van der Waals surface area contributed by atoms with Gasteiger partial charge in [-0.3, -0.25) is 9.63 Å². The van der Waals surface area contributed by atoms with Crippen LogP contribution in [0.5, 0.6) is 0 Å². The van der Waals surface area contributed by atoms with Crippen LogP contribution in [-0.4, -0.2) is 16.0 Å². The van der Waals surface area contributed by atoms with Gasteiger partial charge in [0, 0.05) is 0 Å². The standard InChI is InChI=1S/C8H5NO4S/c10-7-9(13-8(11)12)5-3-1-2-4-6(5)14-7/h1-4H,(H,11,12). The fraction of sp³-hybridized carbons (Fsp3) is 0. The second-order valence-corrected chi connectivity index (χ2v) is 3.48. The molecule has 72 valence electrons. The van der Waals surface area contributed by atoms with Gasteiger partial charge in [0.1, 0.15) is 5.52 Å². The van der Waals surface area contributed by atoms with E-state index in [4.69, 9.17) is 5.11 Å². The van der Waals surface area contributed by atoms with E-state index in [1.807, 2.05) is 0 Å². The molecular formula is C8H5NO4S. The van der Waals surface area contributed by atoms with Gasteiger partial charge in [0.15, 0.2) is 0 Å². The predicted octanol–water partition coefficient (Wildman–Crippen LogP) is 1.17. The minimum Gasteiger partial charge on any atom is -0.448 e. The molecule has 1 aromatic carbocycles. The number of para-hydroxylation sites is 1. The van der Waals surface area contributed by atoms with Crippen molar-refractivity contribution in [3.8, 4) is 0 Å². The van der Waals surface area contributed by atoms with Crippen molar-refractivity contribution in [2.24, 2.45) is 0 Å². The zero-order valence-corrected chi connectivity index (χ0v) is 7.65. The molecule has 0 spiro atoms. The molecule has 0 atom stereocenters. The van der Waals surface area contributed by atoms with Crippen LogP contribution in [0, 0.1) is 0 Å². The Morgan fingerprint density at radius 2 is 2.14 bits per heavy atom. The molecule has 5 nitrogen and oxygen atoms in total. The Balaban J connectivity index is 2.68. The van der Waals surface area contributed by atoms with Gasteiger partial charge in [-0.05, 0) is 12.1 Å². The maximum atomic E-state index is 11.3. The number of rotatable bonds is 1. The van der Waals surface area contributed by atoms with Crippen LogP contribution in [0.1, 0.15) is 0 Å². The highest BCUT2D eigenvalue weighted by atomic mass is 32.1.